The molecule has 0 fully saturated rings. The zero-order valence-corrected chi connectivity index (χ0v) is 19.6. The Morgan fingerprint density at radius 3 is 1.20 bits per heavy atom. The number of rotatable bonds is 10. The first-order chi connectivity index (χ1) is 14.5. The normalized spacial score (nSPS) is 12.6. The van der Waals surface area contributed by atoms with E-state index in [-0.39, 0.29) is 18.5 Å². The van der Waals surface area contributed by atoms with Crippen molar-refractivity contribution in [2.45, 2.75) is 52.6 Å². The standard InChI is InChI=1S/C27H35O2P/c1-22(2)28-27(29-23(3)4)20-21-30(24-14-8-5-9-15-24,25-16-10-6-11-17-25)26-18-12-7-13-19-26/h5-19,22-23,27,30H,20-21H2,1-4H3. The maximum absolute atomic E-state index is 6.16. The fourth-order valence-corrected chi connectivity index (χ4v) is 9.03. The molecule has 3 aromatic carbocycles. The van der Waals surface area contributed by atoms with E-state index in [1.54, 1.807) is 0 Å². The maximum atomic E-state index is 6.16. The monoisotopic (exact) mass is 422 g/mol. The Balaban J connectivity index is 2.09. The van der Waals surface area contributed by atoms with Crippen molar-refractivity contribution in [2.75, 3.05) is 6.16 Å². The van der Waals surface area contributed by atoms with Gasteiger partial charge in [-0.05, 0) is 0 Å². The van der Waals surface area contributed by atoms with Crippen molar-refractivity contribution in [3.63, 3.8) is 0 Å². The molecule has 0 amide bonds. The molecular formula is C27H35O2P. The van der Waals surface area contributed by atoms with Gasteiger partial charge in [0.1, 0.15) is 0 Å². The van der Waals surface area contributed by atoms with Gasteiger partial charge in [0.05, 0.1) is 0 Å². The van der Waals surface area contributed by atoms with Gasteiger partial charge < -0.3 is 0 Å². The van der Waals surface area contributed by atoms with E-state index in [2.05, 4.69) is 119 Å². The van der Waals surface area contributed by atoms with Crippen molar-refractivity contribution in [3.8, 4) is 0 Å². The SMILES string of the molecule is CC(C)OC(CC[PH](c1ccccc1)(c1ccccc1)c1ccccc1)OC(C)C. The van der Waals surface area contributed by atoms with E-state index >= 15 is 0 Å². The molecule has 0 unspecified atom stereocenters. The van der Waals surface area contributed by atoms with Gasteiger partial charge in [0, 0.05) is 0 Å². The van der Waals surface area contributed by atoms with Gasteiger partial charge in [-0.25, -0.2) is 0 Å². The number of hydrogen-bond acceptors (Lipinski definition) is 2. The van der Waals surface area contributed by atoms with Gasteiger partial charge in [-0.2, -0.15) is 0 Å². The van der Waals surface area contributed by atoms with E-state index in [1.165, 1.54) is 15.9 Å². The molecule has 0 heterocycles. The van der Waals surface area contributed by atoms with E-state index in [0.29, 0.717) is 0 Å². The van der Waals surface area contributed by atoms with Gasteiger partial charge in [-0.3, -0.25) is 0 Å². The van der Waals surface area contributed by atoms with Crippen LogP contribution in [0.3, 0.4) is 0 Å². The summed E-state index contributed by atoms with van der Waals surface area (Å²) in [5.74, 6) is 0. The third-order valence-electron chi connectivity index (χ3n) is 5.40. The Morgan fingerprint density at radius 2 is 0.900 bits per heavy atom. The van der Waals surface area contributed by atoms with Crippen LogP contribution in [0.1, 0.15) is 34.1 Å². The summed E-state index contributed by atoms with van der Waals surface area (Å²) in [6.07, 6.45) is 1.95. The van der Waals surface area contributed by atoms with Crippen molar-refractivity contribution in [2.24, 2.45) is 0 Å². The second-order valence-corrected chi connectivity index (χ2v) is 12.4. The van der Waals surface area contributed by atoms with Crippen LogP contribution in [-0.2, 0) is 9.47 Å². The molecule has 3 heteroatoms. The zero-order chi connectivity index (χ0) is 21.4. The van der Waals surface area contributed by atoms with Gasteiger partial charge in [0.15, 0.2) is 0 Å². The summed E-state index contributed by atoms with van der Waals surface area (Å²) in [5, 5.41) is 4.28. The number of benzene rings is 3. The van der Waals surface area contributed by atoms with Gasteiger partial charge >= 0.3 is 182 Å². The van der Waals surface area contributed by atoms with Crippen LogP contribution in [-0.4, -0.2) is 24.7 Å². The van der Waals surface area contributed by atoms with Gasteiger partial charge in [0.25, 0.3) is 0 Å². The molecule has 2 nitrogen and oxygen atoms in total. The molecule has 0 saturated heterocycles. The summed E-state index contributed by atoms with van der Waals surface area (Å²) >= 11 is 0. The fraction of sp³-hybridized carbons (Fsp3) is 0.333. The van der Waals surface area contributed by atoms with E-state index in [0.717, 1.165) is 12.6 Å². The van der Waals surface area contributed by atoms with Crippen molar-refractivity contribution >= 4 is 23.2 Å². The topological polar surface area (TPSA) is 18.5 Å². The molecule has 0 aromatic heterocycles. The quantitative estimate of drug-likeness (QED) is 0.327. The van der Waals surface area contributed by atoms with Crippen molar-refractivity contribution in [1.29, 1.82) is 0 Å². The molecule has 0 atom stereocenters. The third-order valence-corrected chi connectivity index (χ3v) is 10.4. The van der Waals surface area contributed by atoms with Crippen molar-refractivity contribution in [1.82, 2.24) is 0 Å². The average Bonchev–Trinajstić information content (AvgIpc) is 2.75. The van der Waals surface area contributed by atoms with Gasteiger partial charge in [-0.1, -0.05) is 0 Å². The molecule has 0 spiro atoms. The van der Waals surface area contributed by atoms with Crippen LogP contribution in [0.15, 0.2) is 91.0 Å². The molecule has 0 aliphatic heterocycles. The first-order valence-electron chi connectivity index (χ1n) is 11.0. The zero-order valence-electron chi connectivity index (χ0n) is 18.6. The third kappa shape index (κ3) is 5.58. The first kappa shape index (κ1) is 22.7. The minimum atomic E-state index is -2.25. The predicted octanol–water partition coefficient (Wildman–Crippen LogP) is 5.28. The Labute approximate surface area is 182 Å². The fourth-order valence-electron chi connectivity index (χ4n) is 4.21. The molecule has 0 aliphatic rings. The minimum absolute atomic E-state index is 0.134. The van der Waals surface area contributed by atoms with E-state index in [4.69, 9.17) is 9.47 Å². The summed E-state index contributed by atoms with van der Waals surface area (Å²) < 4.78 is 12.3. The van der Waals surface area contributed by atoms with Crippen LogP contribution in [0.4, 0.5) is 0 Å². The van der Waals surface area contributed by atoms with Crippen LogP contribution in [0.25, 0.3) is 0 Å². The van der Waals surface area contributed by atoms with Crippen LogP contribution in [0.2, 0.25) is 0 Å². The second-order valence-electron chi connectivity index (χ2n) is 8.34. The van der Waals surface area contributed by atoms with Gasteiger partial charge in [0.2, 0.25) is 0 Å². The molecule has 160 valence electrons. The summed E-state index contributed by atoms with van der Waals surface area (Å²) in [6.45, 7) is 8.31. The second kappa shape index (κ2) is 10.9. The summed E-state index contributed by atoms with van der Waals surface area (Å²) in [7, 11) is -2.25. The summed E-state index contributed by atoms with van der Waals surface area (Å²) in [6, 6.07) is 33.1. The average molecular weight is 423 g/mol. The molecule has 3 aromatic rings. The van der Waals surface area contributed by atoms with Crippen LogP contribution in [0, 0.1) is 0 Å². The van der Waals surface area contributed by atoms with Crippen LogP contribution < -0.4 is 15.9 Å². The number of hydrogen-bond donors (Lipinski definition) is 0. The van der Waals surface area contributed by atoms with Crippen LogP contribution in [0.5, 0.6) is 0 Å². The molecular weight excluding hydrogens is 387 g/mol. The molecule has 0 N–H and O–H groups in total. The van der Waals surface area contributed by atoms with E-state index in [1.807, 2.05) is 0 Å². The van der Waals surface area contributed by atoms with Gasteiger partial charge in [-0.15, -0.1) is 0 Å². The van der Waals surface area contributed by atoms with Crippen molar-refractivity contribution in [3.05, 3.63) is 91.0 Å². The molecule has 0 bridgehead atoms. The molecule has 0 aliphatic carbocycles. The number of ether oxygens (including phenoxy) is 2. The van der Waals surface area contributed by atoms with E-state index in [9.17, 15) is 0 Å². The Kier molecular flexibility index (Phi) is 8.22. The van der Waals surface area contributed by atoms with Crippen molar-refractivity contribution < 1.29 is 9.47 Å². The predicted molar refractivity (Wildman–Crippen MR) is 132 cm³/mol. The summed E-state index contributed by atoms with van der Waals surface area (Å²) in [5.41, 5.74) is 0. The van der Waals surface area contributed by atoms with Crippen LogP contribution >= 0.6 is 7.26 Å². The molecule has 0 saturated carbocycles. The first-order valence-corrected chi connectivity index (χ1v) is 13.2. The molecule has 0 radical (unpaired) electrons. The molecule has 30 heavy (non-hydrogen) atoms. The Hall–Kier alpha value is -1.99. The molecule has 3 rings (SSSR count). The summed E-state index contributed by atoms with van der Waals surface area (Å²) in [4.78, 5) is 0. The Bertz CT molecular complexity index is 756. The van der Waals surface area contributed by atoms with E-state index < -0.39 is 7.26 Å². The Morgan fingerprint density at radius 1 is 0.567 bits per heavy atom.